The van der Waals surface area contributed by atoms with Crippen molar-refractivity contribution in [3.63, 3.8) is 0 Å². The largest absolute Gasteiger partial charge is 0.477 e. The van der Waals surface area contributed by atoms with Gasteiger partial charge in [-0.25, -0.2) is 9.59 Å². The van der Waals surface area contributed by atoms with E-state index in [-0.39, 0.29) is 0 Å². The van der Waals surface area contributed by atoms with Crippen molar-refractivity contribution in [3.8, 4) is 0 Å². The molecule has 0 saturated carbocycles. The molecule has 4 fully saturated rings. The van der Waals surface area contributed by atoms with Gasteiger partial charge < -0.3 is 151 Å². The standard InChI is InChI=1S/C44H74N4O32/c1-13(54)45-17(7-49)34(30(65)22(62)12-73-43(41(69)70)5-18(58)25(46-14(2)55)36(78-43)28(63)20(60)8-50)76-40-33(68)38(35(24(11-53)75-40)77-39-27(48-16(4)57)32(67)31(66)23(10-52)74-39)80-44(42(71)72)6-19(59)26(47-15(3)56)37(79-44)29(64)21(61)9-51/h17-40,49-53,58-68H,5-12H2,1-4H3,(H,45,54)(H,46,55)(H,47,56)(H,48,57)(H,69,70)(H,71,72)/t17-,18-,19-,20+,21+,22+,23+,24+,25+,26+,27+,28+,29+,30-,31-,32+,33+,34+,35-,36+,37+,38+,39-,40-,43+,44-/m0/s1. The predicted molar refractivity (Wildman–Crippen MR) is 250 cm³/mol. The fraction of sp³-hybridized carbons (Fsp3) is 0.864. The maximum atomic E-state index is 13.5. The summed E-state index contributed by atoms with van der Waals surface area (Å²) < 4.78 is 46.1. The molecule has 36 nitrogen and oxygen atoms in total. The van der Waals surface area contributed by atoms with Crippen LogP contribution in [0.3, 0.4) is 0 Å². The van der Waals surface area contributed by atoms with Crippen LogP contribution < -0.4 is 21.3 Å². The van der Waals surface area contributed by atoms with Crippen molar-refractivity contribution in [1.82, 2.24) is 21.3 Å². The van der Waals surface area contributed by atoms with Gasteiger partial charge in [0.25, 0.3) is 11.6 Å². The number of rotatable bonds is 27. The van der Waals surface area contributed by atoms with Crippen molar-refractivity contribution in [3.05, 3.63) is 0 Å². The summed E-state index contributed by atoms with van der Waals surface area (Å²) in [6.45, 7) is -3.62. The molecule has 0 spiro atoms. The third kappa shape index (κ3) is 15.9. The summed E-state index contributed by atoms with van der Waals surface area (Å²) in [4.78, 5) is 75.5. The zero-order chi connectivity index (χ0) is 60.5. The number of amides is 4. The number of aliphatic carboxylic acids is 2. The Labute approximate surface area is 453 Å². The van der Waals surface area contributed by atoms with E-state index in [4.69, 9.17) is 37.9 Å². The lowest BCUT2D eigenvalue weighted by Gasteiger charge is -2.52. The van der Waals surface area contributed by atoms with Gasteiger partial charge >= 0.3 is 11.9 Å². The molecule has 4 heterocycles. The number of aliphatic hydroxyl groups excluding tert-OH is 16. The average molecular weight is 1170 g/mol. The van der Waals surface area contributed by atoms with Crippen LogP contribution in [0.1, 0.15) is 40.5 Å². The molecule has 0 aromatic carbocycles. The Morgan fingerprint density at radius 1 is 0.562 bits per heavy atom. The van der Waals surface area contributed by atoms with E-state index in [0.29, 0.717) is 0 Å². The Kier molecular flexibility index (Phi) is 25.1. The zero-order valence-electron chi connectivity index (χ0n) is 43.3. The van der Waals surface area contributed by atoms with Gasteiger partial charge in [-0.15, -0.1) is 0 Å². The Bertz CT molecular complexity index is 2070. The van der Waals surface area contributed by atoms with Crippen LogP contribution in [0.15, 0.2) is 0 Å². The van der Waals surface area contributed by atoms with E-state index in [1.807, 2.05) is 0 Å². The van der Waals surface area contributed by atoms with Gasteiger partial charge in [0, 0.05) is 40.5 Å². The van der Waals surface area contributed by atoms with Crippen molar-refractivity contribution in [2.75, 3.05) is 39.6 Å². The maximum Gasteiger partial charge on any atom is 0.364 e. The Morgan fingerprint density at radius 2 is 1.02 bits per heavy atom. The first-order valence-electron chi connectivity index (χ1n) is 24.8. The van der Waals surface area contributed by atoms with Crippen molar-refractivity contribution in [2.45, 2.75) is 199 Å². The fourth-order valence-electron chi connectivity index (χ4n) is 9.54. The number of carboxylic acids is 2. The van der Waals surface area contributed by atoms with E-state index in [9.17, 15) is 121 Å². The summed E-state index contributed by atoms with van der Waals surface area (Å²) >= 11 is 0. The second kappa shape index (κ2) is 29.4. The first kappa shape index (κ1) is 68.4. The van der Waals surface area contributed by atoms with Crippen molar-refractivity contribution >= 4 is 35.6 Å². The van der Waals surface area contributed by atoms with Gasteiger partial charge in [0.15, 0.2) is 12.6 Å². The number of aliphatic hydroxyl groups is 16. The summed E-state index contributed by atoms with van der Waals surface area (Å²) in [6.07, 6.45) is -47.1. The third-order valence-corrected chi connectivity index (χ3v) is 13.5. The van der Waals surface area contributed by atoms with Gasteiger partial charge in [-0.3, -0.25) is 19.2 Å². The fourth-order valence-corrected chi connectivity index (χ4v) is 9.54. The average Bonchev–Trinajstić information content (AvgIpc) is 3.39. The van der Waals surface area contributed by atoms with Crippen LogP contribution in [0, 0.1) is 0 Å². The van der Waals surface area contributed by atoms with Crippen LogP contribution >= 0.6 is 0 Å². The molecular formula is C44H74N4O32. The smallest absolute Gasteiger partial charge is 0.364 e. The molecule has 22 N–H and O–H groups in total. The van der Waals surface area contributed by atoms with Crippen LogP contribution in [-0.2, 0) is 66.7 Å². The molecule has 4 aliphatic heterocycles. The lowest BCUT2D eigenvalue weighted by Crippen LogP contribution is -2.72. The molecular weight excluding hydrogens is 1100 g/mol. The zero-order valence-corrected chi connectivity index (χ0v) is 43.3. The highest BCUT2D eigenvalue weighted by molar-refractivity contribution is 5.77. The molecule has 4 rings (SSSR count). The molecule has 0 aliphatic carbocycles. The Balaban J connectivity index is 1.85. The molecule has 0 radical (unpaired) electrons. The number of ether oxygens (including phenoxy) is 8. The molecule has 80 heavy (non-hydrogen) atoms. The monoisotopic (exact) mass is 1170 g/mol. The molecule has 0 aromatic heterocycles. The summed E-state index contributed by atoms with van der Waals surface area (Å²) in [6, 6.07) is -7.22. The highest BCUT2D eigenvalue weighted by Crippen LogP contribution is 2.40. The van der Waals surface area contributed by atoms with Crippen LogP contribution in [0.2, 0.25) is 0 Å². The molecule has 36 heteroatoms. The van der Waals surface area contributed by atoms with Crippen LogP contribution in [0.25, 0.3) is 0 Å². The topological polar surface area (TPSA) is 589 Å². The number of hydrogen-bond donors (Lipinski definition) is 22. The first-order chi connectivity index (χ1) is 37.4. The Morgan fingerprint density at radius 3 is 1.46 bits per heavy atom. The number of nitrogens with one attached hydrogen (secondary N) is 4. The normalized spacial score (nSPS) is 37.8. The van der Waals surface area contributed by atoms with Crippen molar-refractivity contribution in [2.24, 2.45) is 0 Å². The highest BCUT2D eigenvalue weighted by atomic mass is 16.8. The summed E-state index contributed by atoms with van der Waals surface area (Å²) in [7, 11) is 0. The minimum atomic E-state index is -3.42. The van der Waals surface area contributed by atoms with E-state index < -0.39 is 246 Å². The van der Waals surface area contributed by atoms with Crippen molar-refractivity contribution in [1.29, 1.82) is 0 Å². The molecule has 4 amide bonds. The SMILES string of the molecule is CC(=O)N[C@H]1[C@H](O[C@@H]2[C@H](O[C@]3(C(=O)O)C[C@H](O)[C@@H](NC(C)=O)[C@H]([C@H](O)[C@H](O)CO)O3)[C@@H](O)[C@H](O[C@@H]([C@@H](O)[C@H](O)CO[C@]3(C(=O)O)C[C@H](O)[C@@H](NC(C)=O)[C@H]([C@H](O)[C@H](O)CO)O3)[C@H](CO)NC(C)=O)O[C@@H]2CO)O[C@H](CO)[C@H](O)[C@@H]1O. The lowest BCUT2D eigenvalue weighted by molar-refractivity contribution is -0.393. The van der Waals surface area contributed by atoms with E-state index in [1.54, 1.807) is 0 Å². The van der Waals surface area contributed by atoms with Crippen LogP contribution in [-0.4, -0.2) is 325 Å². The Hall–Kier alpha value is -4.14. The van der Waals surface area contributed by atoms with Crippen LogP contribution in [0.5, 0.6) is 0 Å². The molecule has 4 aliphatic rings. The number of hydrogen-bond acceptors (Lipinski definition) is 30. The van der Waals surface area contributed by atoms with Gasteiger partial charge in [0.1, 0.15) is 104 Å². The van der Waals surface area contributed by atoms with Gasteiger partial charge in [-0.05, 0) is 0 Å². The van der Waals surface area contributed by atoms with Gasteiger partial charge in [-0.1, -0.05) is 0 Å². The quantitative estimate of drug-likeness (QED) is 0.0363. The minimum absolute atomic E-state index is 0.842. The van der Waals surface area contributed by atoms with E-state index in [0.717, 1.165) is 27.7 Å². The molecule has 4 saturated heterocycles. The van der Waals surface area contributed by atoms with Crippen LogP contribution in [0.4, 0.5) is 0 Å². The minimum Gasteiger partial charge on any atom is -0.477 e. The van der Waals surface area contributed by atoms with Gasteiger partial charge in [-0.2, -0.15) is 0 Å². The van der Waals surface area contributed by atoms with Crippen molar-refractivity contribution < 1.29 is 159 Å². The van der Waals surface area contributed by atoms with E-state index in [2.05, 4.69) is 21.3 Å². The maximum absolute atomic E-state index is 13.5. The molecule has 0 aromatic rings. The number of carbonyl (C=O) groups is 6. The summed E-state index contributed by atoms with van der Waals surface area (Å²) in [5, 5.41) is 203. The third-order valence-electron chi connectivity index (χ3n) is 13.5. The lowest BCUT2D eigenvalue weighted by atomic mass is 9.88. The number of carboxylic acid groups (broad SMARTS) is 2. The van der Waals surface area contributed by atoms with Gasteiger partial charge in [0.05, 0.1) is 70.0 Å². The molecule has 0 unspecified atom stereocenters. The predicted octanol–water partition coefficient (Wildman–Crippen LogP) is -13.3. The molecule has 26 atom stereocenters. The second-order valence-corrected chi connectivity index (χ2v) is 19.5. The first-order valence-corrected chi connectivity index (χ1v) is 24.8. The highest BCUT2D eigenvalue weighted by Gasteiger charge is 2.62. The molecule has 462 valence electrons. The van der Waals surface area contributed by atoms with Gasteiger partial charge in [0.2, 0.25) is 23.6 Å². The molecule has 0 bridgehead atoms. The second-order valence-electron chi connectivity index (χ2n) is 19.5. The van der Waals surface area contributed by atoms with E-state index >= 15 is 0 Å². The summed E-state index contributed by atoms with van der Waals surface area (Å²) in [5.41, 5.74) is 0. The van der Waals surface area contributed by atoms with E-state index in [1.165, 1.54) is 0 Å². The summed E-state index contributed by atoms with van der Waals surface area (Å²) in [5.74, 6) is -14.5. The number of carbonyl (C=O) groups excluding carboxylic acids is 4.